The molecular formula is C15H28ClN3O2S. The predicted molar refractivity (Wildman–Crippen MR) is 91.6 cm³/mol. The molecule has 0 saturated heterocycles. The average Bonchev–Trinajstić information content (AvgIpc) is 2.94. The van der Waals surface area contributed by atoms with Gasteiger partial charge in [0.15, 0.2) is 0 Å². The first kappa shape index (κ1) is 19.5. The van der Waals surface area contributed by atoms with Crippen molar-refractivity contribution in [2.45, 2.75) is 57.8 Å². The van der Waals surface area contributed by atoms with Gasteiger partial charge in [0.25, 0.3) is 0 Å². The molecule has 0 unspecified atom stereocenters. The summed E-state index contributed by atoms with van der Waals surface area (Å²) in [7, 11) is -0.386. The van der Waals surface area contributed by atoms with Crippen molar-refractivity contribution in [2.24, 2.45) is 0 Å². The number of alkyl halides is 1. The third kappa shape index (κ3) is 6.26. The number of imidazole rings is 1. The molecule has 1 aromatic rings. The van der Waals surface area contributed by atoms with Gasteiger partial charge in [-0.25, -0.2) is 8.96 Å². The van der Waals surface area contributed by atoms with Crippen LogP contribution in [0.1, 0.15) is 57.1 Å². The zero-order chi connectivity index (χ0) is 16.4. The Hall–Kier alpha value is -0.590. The van der Waals surface area contributed by atoms with Crippen LogP contribution in [0.2, 0.25) is 0 Å². The first-order valence-electron chi connectivity index (χ1n) is 8.00. The second-order valence-electron chi connectivity index (χ2n) is 5.74. The first-order chi connectivity index (χ1) is 10.5. The maximum atomic E-state index is 12.1. The van der Waals surface area contributed by atoms with Gasteiger partial charge >= 0.3 is 10.2 Å². The van der Waals surface area contributed by atoms with Crippen molar-refractivity contribution in [3.8, 4) is 0 Å². The molecule has 1 rings (SSSR count). The van der Waals surface area contributed by atoms with Gasteiger partial charge < -0.3 is 0 Å². The fourth-order valence-corrected chi connectivity index (χ4v) is 3.48. The molecule has 22 heavy (non-hydrogen) atoms. The van der Waals surface area contributed by atoms with Crippen molar-refractivity contribution in [1.29, 1.82) is 0 Å². The van der Waals surface area contributed by atoms with E-state index in [1.807, 2.05) is 0 Å². The number of nitrogens with zero attached hydrogens (tertiary/aromatic N) is 3. The molecular weight excluding hydrogens is 322 g/mol. The zero-order valence-electron chi connectivity index (χ0n) is 13.7. The monoisotopic (exact) mass is 349 g/mol. The fraction of sp³-hybridized carbons (Fsp3) is 0.800. The SMILES string of the molecule is CN(C)S(=O)(=O)n1cncc1CCCCCCCCCCCl. The van der Waals surface area contributed by atoms with Crippen LogP contribution >= 0.6 is 11.6 Å². The van der Waals surface area contributed by atoms with Gasteiger partial charge in [-0.05, 0) is 19.3 Å². The molecule has 0 fully saturated rings. The molecule has 0 N–H and O–H groups in total. The van der Waals surface area contributed by atoms with Crippen molar-refractivity contribution in [3.63, 3.8) is 0 Å². The molecule has 1 aromatic heterocycles. The molecule has 0 aliphatic rings. The molecule has 1 heterocycles. The van der Waals surface area contributed by atoms with E-state index in [4.69, 9.17) is 11.6 Å². The third-order valence-corrected chi connectivity index (χ3v) is 5.72. The second-order valence-corrected chi connectivity index (χ2v) is 8.14. The number of halogens is 1. The highest BCUT2D eigenvalue weighted by Gasteiger charge is 2.18. The van der Waals surface area contributed by atoms with Gasteiger partial charge in [-0.1, -0.05) is 38.5 Å². The largest absolute Gasteiger partial charge is 0.308 e. The Morgan fingerprint density at radius 3 is 2.14 bits per heavy atom. The normalized spacial score (nSPS) is 12.2. The molecule has 0 aromatic carbocycles. The van der Waals surface area contributed by atoms with Gasteiger partial charge in [0, 0.05) is 26.2 Å². The molecule has 0 spiro atoms. The summed E-state index contributed by atoms with van der Waals surface area (Å²) in [5.41, 5.74) is 0.760. The maximum Gasteiger partial charge on any atom is 0.308 e. The lowest BCUT2D eigenvalue weighted by molar-refractivity contribution is 0.507. The van der Waals surface area contributed by atoms with Crippen molar-refractivity contribution < 1.29 is 8.42 Å². The van der Waals surface area contributed by atoms with Crippen molar-refractivity contribution in [1.82, 2.24) is 13.3 Å². The predicted octanol–water partition coefficient (Wildman–Crippen LogP) is 3.44. The minimum absolute atomic E-state index is 0.749. The molecule has 7 heteroatoms. The van der Waals surface area contributed by atoms with Gasteiger partial charge in [-0.15, -0.1) is 11.6 Å². The summed E-state index contributed by atoms with van der Waals surface area (Å²) in [6.07, 6.45) is 13.2. The lowest BCUT2D eigenvalue weighted by atomic mass is 10.1. The van der Waals surface area contributed by atoms with Gasteiger partial charge in [-0.2, -0.15) is 12.7 Å². The summed E-state index contributed by atoms with van der Waals surface area (Å²) in [5, 5.41) is 0. The highest BCUT2D eigenvalue weighted by molar-refractivity contribution is 7.87. The van der Waals surface area contributed by atoms with Crippen LogP contribution < -0.4 is 0 Å². The van der Waals surface area contributed by atoms with E-state index >= 15 is 0 Å². The van der Waals surface area contributed by atoms with Crippen LogP contribution in [0, 0.1) is 0 Å². The summed E-state index contributed by atoms with van der Waals surface area (Å²) in [6.45, 7) is 0. The lowest BCUT2D eigenvalue weighted by Crippen LogP contribution is -2.29. The Labute approximate surface area is 139 Å². The van der Waals surface area contributed by atoms with Gasteiger partial charge in [-0.3, -0.25) is 0 Å². The van der Waals surface area contributed by atoms with E-state index in [0.29, 0.717) is 0 Å². The molecule has 0 radical (unpaired) electrons. The van der Waals surface area contributed by atoms with Gasteiger partial charge in [0.05, 0.1) is 5.69 Å². The standard InChI is InChI=1S/C15H28ClN3O2S/c1-18(2)22(20,21)19-14-17-13-15(19)11-9-7-5-3-4-6-8-10-12-16/h13-14H,3-12H2,1-2H3. The minimum atomic E-state index is -3.45. The van der Waals surface area contributed by atoms with E-state index in [1.54, 1.807) is 6.20 Å². The Bertz CT molecular complexity index is 515. The highest BCUT2D eigenvalue weighted by atomic mass is 35.5. The number of aryl methyl sites for hydroxylation is 1. The number of unbranched alkanes of at least 4 members (excludes halogenated alkanes) is 7. The van der Waals surface area contributed by atoms with E-state index in [0.717, 1.165) is 37.3 Å². The van der Waals surface area contributed by atoms with Crippen LogP contribution in [0.15, 0.2) is 12.5 Å². The zero-order valence-corrected chi connectivity index (χ0v) is 15.2. The van der Waals surface area contributed by atoms with E-state index in [1.165, 1.54) is 60.8 Å². The summed E-state index contributed by atoms with van der Waals surface area (Å²) in [6, 6.07) is 0. The van der Waals surface area contributed by atoms with E-state index < -0.39 is 10.2 Å². The van der Waals surface area contributed by atoms with E-state index in [2.05, 4.69) is 4.98 Å². The minimum Gasteiger partial charge on any atom is -0.244 e. The van der Waals surface area contributed by atoms with E-state index in [-0.39, 0.29) is 0 Å². The van der Waals surface area contributed by atoms with Gasteiger partial charge in [0.1, 0.15) is 6.33 Å². The maximum absolute atomic E-state index is 12.1. The third-order valence-electron chi connectivity index (χ3n) is 3.70. The summed E-state index contributed by atoms with van der Waals surface area (Å²) < 4.78 is 26.7. The molecule has 0 amide bonds. The van der Waals surface area contributed by atoms with Crippen LogP contribution in [0.4, 0.5) is 0 Å². The van der Waals surface area contributed by atoms with Crippen molar-refractivity contribution in [3.05, 3.63) is 18.2 Å². The number of hydrogen-bond donors (Lipinski definition) is 0. The average molecular weight is 350 g/mol. The molecule has 0 atom stereocenters. The number of rotatable bonds is 12. The van der Waals surface area contributed by atoms with Crippen LogP contribution in [0.5, 0.6) is 0 Å². The molecule has 0 bridgehead atoms. The van der Waals surface area contributed by atoms with Crippen molar-refractivity contribution >= 4 is 21.8 Å². The molecule has 0 saturated carbocycles. The fourth-order valence-electron chi connectivity index (χ4n) is 2.33. The molecule has 5 nitrogen and oxygen atoms in total. The first-order valence-corrected chi connectivity index (χ1v) is 9.93. The van der Waals surface area contributed by atoms with Crippen molar-refractivity contribution in [2.75, 3.05) is 20.0 Å². The Morgan fingerprint density at radius 1 is 1.05 bits per heavy atom. The summed E-state index contributed by atoms with van der Waals surface area (Å²) >= 11 is 5.64. The summed E-state index contributed by atoms with van der Waals surface area (Å²) in [4.78, 5) is 3.97. The number of hydrogen-bond acceptors (Lipinski definition) is 3. The van der Waals surface area contributed by atoms with E-state index in [9.17, 15) is 8.42 Å². The highest BCUT2D eigenvalue weighted by Crippen LogP contribution is 2.13. The smallest absolute Gasteiger partial charge is 0.244 e. The van der Waals surface area contributed by atoms with Crippen LogP contribution in [0.25, 0.3) is 0 Å². The Morgan fingerprint density at radius 2 is 1.59 bits per heavy atom. The van der Waals surface area contributed by atoms with Crippen LogP contribution in [-0.2, 0) is 16.6 Å². The van der Waals surface area contributed by atoms with Crippen LogP contribution in [0.3, 0.4) is 0 Å². The second kappa shape index (κ2) is 10.2. The van der Waals surface area contributed by atoms with Crippen LogP contribution in [-0.4, -0.2) is 41.7 Å². The quantitative estimate of drug-likeness (QED) is 0.429. The Balaban J connectivity index is 2.25. The Kier molecular flexibility index (Phi) is 9.05. The number of aromatic nitrogens is 2. The van der Waals surface area contributed by atoms with Gasteiger partial charge in [0.2, 0.25) is 0 Å². The molecule has 0 aliphatic heterocycles. The lowest BCUT2D eigenvalue weighted by Gasteiger charge is -2.14. The topological polar surface area (TPSA) is 55.2 Å². The molecule has 0 aliphatic carbocycles. The molecule has 128 valence electrons. The summed E-state index contributed by atoms with van der Waals surface area (Å²) in [5.74, 6) is 0.767.